The van der Waals surface area contributed by atoms with Crippen LogP contribution in [0.25, 0.3) is 0 Å². The summed E-state index contributed by atoms with van der Waals surface area (Å²) in [6, 6.07) is 4.39. The van der Waals surface area contributed by atoms with E-state index in [4.69, 9.17) is 15.2 Å². The summed E-state index contributed by atoms with van der Waals surface area (Å²) in [5.74, 6) is 0.808. The van der Waals surface area contributed by atoms with E-state index in [0.29, 0.717) is 17.8 Å². The number of carbonyl (C=O) groups is 1. The van der Waals surface area contributed by atoms with E-state index in [1.54, 1.807) is 0 Å². The molecule has 0 aromatic carbocycles. The first-order valence-corrected chi connectivity index (χ1v) is 9.18. The minimum Gasteiger partial charge on any atom is -0.468 e. The summed E-state index contributed by atoms with van der Waals surface area (Å²) >= 11 is 0. The third-order valence-corrected chi connectivity index (χ3v) is 5.22. The molecule has 0 amide bonds. The Balaban J connectivity index is 1.88. The predicted octanol–water partition coefficient (Wildman–Crippen LogP) is 2.51. The second-order valence-electron chi connectivity index (χ2n) is 7.56. The van der Waals surface area contributed by atoms with Gasteiger partial charge in [0.1, 0.15) is 11.2 Å². The SMILES string of the molecule is COC(=O)C1(c2ccc(N(CC(C)C)C3CCOCC3)c(N)n2)CC1. The molecule has 0 radical (unpaired) electrons. The number of pyridine rings is 1. The van der Waals surface area contributed by atoms with Crippen LogP contribution in [0.1, 0.15) is 45.2 Å². The predicted molar refractivity (Wildman–Crippen MR) is 97.6 cm³/mol. The van der Waals surface area contributed by atoms with Gasteiger partial charge in [-0.3, -0.25) is 4.79 Å². The molecule has 1 aliphatic heterocycles. The van der Waals surface area contributed by atoms with Gasteiger partial charge in [0.05, 0.1) is 18.5 Å². The van der Waals surface area contributed by atoms with Gasteiger partial charge in [-0.05, 0) is 43.7 Å². The molecule has 2 N–H and O–H groups in total. The Morgan fingerprint density at radius 1 is 1.40 bits per heavy atom. The average Bonchev–Trinajstić information content (AvgIpc) is 3.42. The highest BCUT2D eigenvalue weighted by Gasteiger charge is 2.54. The monoisotopic (exact) mass is 347 g/mol. The molecule has 6 heteroatoms. The van der Waals surface area contributed by atoms with Crippen molar-refractivity contribution in [3.63, 3.8) is 0 Å². The summed E-state index contributed by atoms with van der Waals surface area (Å²) in [4.78, 5) is 19.1. The molecule has 1 aromatic heterocycles. The second kappa shape index (κ2) is 7.20. The molecule has 138 valence electrons. The van der Waals surface area contributed by atoms with Crippen molar-refractivity contribution in [2.24, 2.45) is 5.92 Å². The van der Waals surface area contributed by atoms with Gasteiger partial charge in [0.2, 0.25) is 0 Å². The maximum atomic E-state index is 12.1. The average molecular weight is 347 g/mol. The summed E-state index contributed by atoms with van der Waals surface area (Å²) in [7, 11) is 1.43. The number of aromatic nitrogens is 1. The molecule has 0 unspecified atom stereocenters. The maximum Gasteiger partial charge on any atom is 0.317 e. The number of nitrogens with two attached hydrogens (primary N) is 1. The third-order valence-electron chi connectivity index (χ3n) is 5.22. The number of hydrogen-bond donors (Lipinski definition) is 1. The van der Waals surface area contributed by atoms with Crippen LogP contribution in [0.5, 0.6) is 0 Å². The number of methoxy groups -OCH3 is 1. The number of nitrogen functional groups attached to an aromatic ring is 1. The summed E-state index contributed by atoms with van der Waals surface area (Å²) in [5, 5.41) is 0. The Bertz CT molecular complexity index is 622. The Kier molecular flexibility index (Phi) is 5.18. The van der Waals surface area contributed by atoms with Crippen molar-refractivity contribution in [2.45, 2.75) is 51.0 Å². The Morgan fingerprint density at radius 3 is 2.60 bits per heavy atom. The van der Waals surface area contributed by atoms with Gasteiger partial charge in [-0.15, -0.1) is 0 Å². The van der Waals surface area contributed by atoms with E-state index in [1.807, 2.05) is 12.1 Å². The van der Waals surface area contributed by atoms with Crippen LogP contribution in [0.2, 0.25) is 0 Å². The number of ether oxygens (including phenoxy) is 2. The summed E-state index contributed by atoms with van der Waals surface area (Å²) in [6.45, 7) is 6.92. The molecule has 1 aliphatic carbocycles. The zero-order chi connectivity index (χ0) is 18.0. The number of carbonyl (C=O) groups excluding carboxylic acids is 1. The van der Waals surface area contributed by atoms with Crippen LogP contribution in [0.15, 0.2) is 12.1 Å². The molecule has 3 rings (SSSR count). The van der Waals surface area contributed by atoms with Crippen molar-refractivity contribution in [1.82, 2.24) is 4.98 Å². The lowest BCUT2D eigenvalue weighted by Gasteiger charge is -2.37. The zero-order valence-electron chi connectivity index (χ0n) is 15.5. The first-order valence-electron chi connectivity index (χ1n) is 9.18. The Hall–Kier alpha value is -1.82. The van der Waals surface area contributed by atoms with E-state index in [2.05, 4.69) is 23.7 Å². The lowest BCUT2D eigenvalue weighted by Crippen LogP contribution is -2.42. The van der Waals surface area contributed by atoms with Gasteiger partial charge in [0.25, 0.3) is 0 Å². The van der Waals surface area contributed by atoms with Gasteiger partial charge in [0.15, 0.2) is 0 Å². The second-order valence-corrected chi connectivity index (χ2v) is 7.56. The van der Waals surface area contributed by atoms with Crippen molar-refractivity contribution < 1.29 is 14.3 Å². The third kappa shape index (κ3) is 3.59. The van der Waals surface area contributed by atoms with Crippen LogP contribution in [-0.4, -0.2) is 43.9 Å². The van der Waals surface area contributed by atoms with E-state index < -0.39 is 5.41 Å². The summed E-state index contributed by atoms with van der Waals surface area (Å²) in [6.07, 6.45) is 3.56. The van der Waals surface area contributed by atoms with Crippen LogP contribution < -0.4 is 10.6 Å². The fourth-order valence-electron chi connectivity index (χ4n) is 3.70. The highest BCUT2D eigenvalue weighted by atomic mass is 16.5. The molecule has 2 fully saturated rings. The smallest absolute Gasteiger partial charge is 0.317 e. The molecule has 1 saturated carbocycles. The highest BCUT2D eigenvalue weighted by molar-refractivity contribution is 5.86. The highest BCUT2D eigenvalue weighted by Crippen LogP contribution is 2.49. The first-order chi connectivity index (χ1) is 12.0. The molecule has 0 bridgehead atoms. The van der Waals surface area contributed by atoms with Gasteiger partial charge >= 0.3 is 5.97 Å². The molecule has 2 aliphatic rings. The van der Waals surface area contributed by atoms with Crippen LogP contribution in [0.3, 0.4) is 0 Å². The number of rotatable bonds is 6. The molecule has 1 aromatic rings. The van der Waals surface area contributed by atoms with Gasteiger partial charge in [-0.2, -0.15) is 0 Å². The molecule has 25 heavy (non-hydrogen) atoms. The van der Waals surface area contributed by atoms with Crippen LogP contribution in [-0.2, 0) is 19.7 Å². The van der Waals surface area contributed by atoms with Crippen molar-refractivity contribution in [1.29, 1.82) is 0 Å². The zero-order valence-corrected chi connectivity index (χ0v) is 15.5. The van der Waals surface area contributed by atoms with Crippen LogP contribution in [0, 0.1) is 5.92 Å². The first kappa shape index (κ1) is 18.0. The number of esters is 1. The molecular weight excluding hydrogens is 318 g/mol. The van der Waals surface area contributed by atoms with E-state index in [-0.39, 0.29) is 5.97 Å². The van der Waals surface area contributed by atoms with E-state index in [9.17, 15) is 4.79 Å². The molecule has 1 saturated heterocycles. The van der Waals surface area contributed by atoms with E-state index >= 15 is 0 Å². The maximum absolute atomic E-state index is 12.1. The number of hydrogen-bond acceptors (Lipinski definition) is 6. The largest absolute Gasteiger partial charge is 0.468 e. The molecule has 2 heterocycles. The topological polar surface area (TPSA) is 77.7 Å². The standard InChI is InChI=1S/C19H29N3O3/c1-13(2)12-22(14-6-10-25-11-7-14)15-4-5-16(21-17(15)20)19(8-9-19)18(23)24-3/h4-5,13-14H,6-12H2,1-3H3,(H2,20,21). The normalized spacial score (nSPS) is 19.7. The van der Waals surface area contributed by atoms with Crippen LogP contribution in [0.4, 0.5) is 11.5 Å². The summed E-state index contributed by atoms with van der Waals surface area (Å²) in [5.41, 5.74) is 7.45. The quantitative estimate of drug-likeness (QED) is 0.797. The van der Waals surface area contributed by atoms with Crippen LogP contribution >= 0.6 is 0 Å². The van der Waals surface area contributed by atoms with E-state index in [1.165, 1.54) is 7.11 Å². The van der Waals surface area contributed by atoms with Crippen molar-refractivity contribution >= 4 is 17.5 Å². The molecule has 0 atom stereocenters. The minimum absolute atomic E-state index is 0.212. The Morgan fingerprint density at radius 2 is 2.08 bits per heavy atom. The minimum atomic E-state index is -0.580. The summed E-state index contributed by atoms with van der Waals surface area (Å²) < 4.78 is 10.5. The van der Waals surface area contributed by atoms with Crippen molar-refractivity contribution in [2.75, 3.05) is 37.5 Å². The lowest BCUT2D eigenvalue weighted by molar-refractivity contribution is -0.143. The van der Waals surface area contributed by atoms with Crippen molar-refractivity contribution in [3.8, 4) is 0 Å². The van der Waals surface area contributed by atoms with Gasteiger partial charge in [0, 0.05) is 25.8 Å². The van der Waals surface area contributed by atoms with Gasteiger partial charge in [-0.1, -0.05) is 13.8 Å². The molecule has 0 spiro atoms. The van der Waals surface area contributed by atoms with Gasteiger partial charge in [-0.25, -0.2) is 4.98 Å². The fourth-order valence-corrected chi connectivity index (χ4v) is 3.70. The number of nitrogens with zero attached hydrogens (tertiary/aromatic N) is 2. The van der Waals surface area contributed by atoms with Gasteiger partial charge < -0.3 is 20.1 Å². The molecular formula is C19H29N3O3. The molecule has 6 nitrogen and oxygen atoms in total. The number of anilines is 2. The van der Waals surface area contributed by atoms with E-state index in [0.717, 1.165) is 56.8 Å². The fraction of sp³-hybridized carbons (Fsp3) is 0.684. The van der Waals surface area contributed by atoms with Crippen molar-refractivity contribution in [3.05, 3.63) is 17.8 Å². The lowest BCUT2D eigenvalue weighted by atomic mass is 10.0. The Labute approximate surface area is 149 Å².